The molecule has 0 atom stereocenters. The lowest BCUT2D eigenvalue weighted by Gasteiger charge is -2.20. The van der Waals surface area contributed by atoms with Gasteiger partial charge in [0, 0.05) is 30.3 Å². The Morgan fingerprint density at radius 2 is 2.05 bits per heavy atom. The van der Waals surface area contributed by atoms with E-state index in [0.717, 1.165) is 6.54 Å². The van der Waals surface area contributed by atoms with Crippen LogP contribution in [0, 0.1) is 0 Å². The van der Waals surface area contributed by atoms with Crippen molar-refractivity contribution in [2.24, 2.45) is 5.73 Å². The highest BCUT2D eigenvalue weighted by Crippen LogP contribution is 2.05. The number of nitrogens with one attached hydrogen (secondary N) is 1. The number of nitrogens with two attached hydrogens (primary N) is 1. The summed E-state index contributed by atoms with van der Waals surface area (Å²) < 4.78 is 0. The van der Waals surface area contributed by atoms with E-state index in [1.807, 2.05) is 7.05 Å². The molecule has 0 saturated heterocycles. The van der Waals surface area contributed by atoms with Crippen molar-refractivity contribution in [1.82, 2.24) is 10.2 Å². The second kappa shape index (κ2) is 7.21. The summed E-state index contributed by atoms with van der Waals surface area (Å²) >= 11 is 4.90. The lowest BCUT2D eigenvalue weighted by Crippen LogP contribution is -2.36. The fourth-order valence-corrected chi connectivity index (χ4v) is 1.65. The fraction of sp³-hybridized carbons (Fsp3) is 0.429. The third kappa shape index (κ3) is 4.96. The van der Waals surface area contributed by atoms with Gasteiger partial charge in [-0.15, -0.1) is 0 Å². The van der Waals surface area contributed by atoms with Crippen LogP contribution in [0.3, 0.4) is 0 Å². The van der Waals surface area contributed by atoms with E-state index in [0.29, 0.717) is 28.7 Å². The smallest absolute Gasteiger partial charge is 0.251 e. The first-order valence-corrected chi connectivity index (χ1v) is 6.71. The molecule has 0 aliphatic rings. The molecule has 3 N–H and O–H groups in total. The van der Waals surface area contributed by atoms with Crippen LogP contribution in [0.1, 0.15) is 29.8 Å². The molecule has 0 aliphatic heterocycles. The summed E-state index contributed by atoms with van der Waals surface area (Å²) in [6.07, 6.45) is 0. The first kappa shape index (κ1) is 15.6. The summed E-state index contributed by atoms with van der Waals surface area (Å²) in [6.45, 7) is 5.67. The van der Waals surface area contributed by atoms with Gasteiger partial charge in [-0.25, -0.2) is 0 Å². The molecule has 0 unspecified atom stereocenters. The van der Waals surface area contributed by atoms with Crippen LogP contribution in [0.15, 0.2) is 24.3 Å². The molecule has 0 radical (unpaired) electrons. The average molecular weight is 279 g/mol. The summed E-state index contributed by atoms with van der Waals surface area (Å²) in [7, 11) is 2.03. The third-order valence-corrected chi connectivity index (χ3v) is 3.28. The highest BCUT2D eigenvalue weighted by molar-refractivity contribution is 7.80. The maximum absolute atomic E-state index is 12.0. The summed E-state index contributed by atoms with van der Waals surface area (Å²) in [5.74, 6) is -0.102. The lowest BCUT2D eigenvalue weighted by atomic mass is 10.1. The van der Waals surface area contributed by atoms with Gasteiger partial charge in [0.15, 0.2) is 0 Å². The third-order valence-electron chi connectivity index (χ3n) is 3.04. The second-order valence-electron chi connectivity index (χ2n) is 4.78. The fourth-order valence-electron chi connectivity index (χ4n) is 1.52. The predicted octanol–water partition coefficient (Wildman–Crippen LogP) is 1.39. The number of thiocarbonyl (C=S) groups is 1. The molecule has 0 aromatic heterocycles. The standard InChI is InChI=1S/C14H21N3OS/c1-10(2)17(3)8-7-16-14(18)12-6-4-5-11(9-12)13(15)19/h4-6,9-10H,7-8H2,1-3H3,(H2,15,19)(H,16,18). The molecule has 0 bridgehead atoms. The van der Waals surface area contributed by atoms with E-state index in [4.69, 9.17) is 18.0 Å². The largest absolute Gasteiger partial charge is 0.389 e. The Bertz CT molecular complexity index is 460. The molecule has 0 fully saturated rings. The number of amides is 1. The monoisotopic (exact) mass is 279 g/mol. The Hall–Kier alpha value is -1.46. The van der Waals surface area contributed by atoms with Crippen molar-refractivity contribution in [3.63, 3.8) is 0 Å². The van der Waals surface area contributed by atoms with Crippen molar-refractivity contribution < 1.29 is 4.79 Å². The highest BCUT2D eigenvalue weighted by atomic mass is 32.1. The van der Waals surface area contributed by atoms with E-state index >= 15 is 0 Å². The number of nitrogens with zero attached hydrogens (tertiary/aromatic N) is 1. The van der Waals surface area contributed by atoms with Gasteiger partial charge in [0.25, 0.3) is 5.91 Å². The zero-order valence-corrected chi connectivity index (χ0v) is 12.5. The van der Waals surface area contributed by atoms with Crippen LogP contribution in [-0.2, 0) is 0 Å². The number of benzene rings is 1. The topological polar surface area (TPSA) is 58.4 Å². The Morgan fingerprint density at radius 1 is 1.42 bits per heavy atom. The van der Waals surface area contributed by atoms with Crippen molar-refractivity contribution in [2.45, 2.75) is 19.9 Å². The van der Waals surface area contributed by atoms with Crippen molar-refractivity contribution in [1.29, 1.82) is 0 Å². The summed E-state index contributed by atoms with van der Waals surface area (Å²) in [5, 5.41) is 2.89. The molecule has 0 saturated carbocycles. The van der Waals surface area contributed by atoms with Gasteiger partial charge in [-0.3, -0.25) is 4.79 Å². The first-order valence-electron chi connectivity index (χ1n) is 6.30. The van der Waals surface area contributed by atoms with Crippen LogP contribution in [0.25, 0.3) is 0 Å². The molecule has 0 heterocycles. The molecule has 4 nitrogen and oxygen atoms in total. The van der Waals surface area contributed by atoms with Crippen LogP contribution in [0.2, 0.25) is 0 Å². The van der Waals surface area contributed by atoms with E-state index in [-0.39, 0.29) is 5.91 Å². The molecule has 0 aliphatic carbocycles. The average Bonchev–Trinajstić information content (AvgIpc) is 2.38. The van der Waals surface area contributed by atoms with Gasteiger partial charge in [0.1, 0.15) is 4.99 Å². The van der Waals surface area contributed by atoms with E-state index < -0.39 is 0 Å². The van der Waals surface area contributed by atoms with Gasteiger partial charge < -0.3 is 16.0 Å². The summed E-state index contributed by atoms with van der Waals surface area (Å²) in [6, 6.07) is 7.51. The number of rotatable bonds is 6. The first-order chi connectivity index (χ1) is 8.91. The molecule has 1 amide bonds. The maximum atomic E-state index is 12.0. The Labute approximate surface area is 120 Å². The van der Waals surface area contributed by atoms with Gasteiger partial charge in [0.2, 0.25) is 0 Å². The molecule has 19 heavy (non-hydrogen) atoms. The molecule has 104 valence electrons. The predicted molar refractivity (Wildman–Crippen MR) is 82.4 cm³/mol. The van der Waals surface area contributed by atoms with Crippen LogP contribution < -0.4 is 11.1 Å². The molecule has 1 aromatic carbocycles. The minimum absolute atomic E-state index is 0.102. The molecule has 1 aromatic rings. The lowest BCUT2D eigenvalue weighted by molar-refractivity contribution is 0.0948. The molecular formula is C14H21N3OS. The SMILES string of the molecule is CC(C)N(C)CCNC(=O)c1cccc(C(N)=S)c1. The van der Waals surface area contributed by atoms with Crippen molar-refractivity contribution >= 4 is 23.1 Å². The van der Waals surface area contributed by atoms with E-state index in [9.17, 15) is 4.79 Å². The van der Waals surface area contributed by atoms with Gasteiger partial charge >= 0.3 is 0 Å². The Morgan fingerprint density at radius 3 is 2.63 bits per heavy atom. The minimum Gasteiger partial charge on any atom is -0.389 e. The summed E-state index contributed by atoms with van der Waals surface area (Å²) in [4.78, 5) is 14.4. The van der Waals surface area contributed by atoms with E-state index in [2.05, 4.69) is 24.1 Å². The Kier molecular flexibility index (Phi) is 5.92. The zero-order valence-electron chi connectivity index (χ0n) is 11.6. The molecular weight excluding hydrogens is 258 g/mol. The number of likely N-dealkylation sites (N-methyl/N-ethyl adjacent to an activating group) is 1. The summed E-state index contributed by atoms with van der Waals surface area (Å²) in [5.41, 5.74) is 6.84. The van der Waals surface area contributed by atoms with Crippen LogP contribution >= 0.6 is 12.2 Å². The number of carbonyl (C=O) groups is 1. The number of hydrogen-bond donors (Lipinski definition) is 2. The molecule has 0 spiro atoms. The number of hydrogen-bond acceptors (Lipinski definition) is 3. The quantitative estimate of drug-likeness (QED) is 0.773. The van der Waals surface area contributed by atoms with E-state index in [1.54, 1.807) is 24.3 Å². The second-order valence-corrected chi connectivity index (χ2v) is 5.22. The normalized spacial score (nSPS) is 10.8. The van der Waals surface area contributed by atoms with Crippen LogP contribution in [0.4, 0.5) is 0 Å². The van der Waals surface area contributed by atoms with Gasteiger partial charge in [0.05, 0.1) is 0 Å². The van der Waals surface area contributed by atoms with Crippen molar-refractivity contribution in [2.75, 3.05) is 20.1 Å². The molecule has 5 heteroatoms. The zero-order chi connectivity index (χ0) is 14.4. The van der Waals surface area contributed by atoms with Gasteiger partial charge in [-0.1, -0.05) is 24.4 Å². The van der Waals surface area contributed by atoms with E-state index in [1.165, 1.54) is 0 Å². The van der Waals surface area contributed by atoms with Gasteiger partial charge in [-0.2, -0.15) is 0 Å². The van der Waals surface area contributed by atoms with Crippen LogP contribution in [-0.4, -0.2) is 42.0 Å². The maximum Gasteiger partial charge on any atom is 0.251 e. The number of carbonyl (C=O) groups excluding carboxylic acids is 1. The Balaban J connectivity index is 2.54. The van der Waals surface area contributed by atoms with Crippen molar-refractivity contribution in [3.8, 4) is 0 Å². The van der Waals surface area contributed by atoms with Crippen LogP contribution in [0.5, 0.6) is 0 Å². The molecule has 1 rings (SSSR count). The van der Waals surface area contributed by atoms with Gasteiger partial charge in [-0.05, 0) is 33.0 Å². The van der Waals surface area contributed by atoms with Crippen molar-refractivity contribution in [3.05, 3.63) is 35.4 Å². The minimum atomic E-state index is -0.102. The highest BCUT2D eigenvalue weighted by Gasteiger charge is 2.08.